The number of nitrogens with zero attached hydrogens (tertiary/aromatic N) is 2. The molecule has 0 amide bonds. The smallest absolute Gasteiger partial charge is 0.209 e. The van der Waals surface area contributed by atoms with Gasteiger partial charge in [0.25, 0.3) is 0 Å². The average Bonchev–Trinajstić information content (AvgIpc) is 3.03. The number of para-hydroxylation sites is 1. The van der Waals surface area contributed by atoms with Crippen molar-refractivity contribution < 1.29 is 9.84 Å². The van der Waals surface area contributed by atoms with E-state index in [1.807, 2.05) is 29.6 Å². The molecule has 23 heavy (non-hydrogen) atoms. The highest BCUT2D eigenvalue weighted by atomic mass is 35.5. The molecule has 0 aliphatic rings. The summed E-state index contributed by atoms with van der Waals surface area (Å²) in [5, 5.41) is 13.2. The second kappa shape index (κ2) is 6.81. The molecule has 0 aliphatic heterocycles. The maximum Gasteiger partial charge on any atom is 0.209 e. The number of aromatic nitrogens is 1. The Bertz CT molecular complexity index is 861. The first kappa shape index (κ1) is 15.5. The molecule has 1 heterocycles. The fraction of sp³-hybridized carbons (Fsp3) is 0.0588. The van der Waals surface area contributed by atoms with Crippen molar-refractivity contribution in [3.8, 4) is 22.8 Å². The second-order valence-corrected chi connectivity index (χ2v) is 5.90. The van der Waals surface area contributed by atoms with E-state index in [4.69, 9.17) is 16.3 Å². The summed E-state index contributed by atoms with van der Waals surface area (Å²) in [4.78, 5) is 8.76. The van der Waals surface area contributed by atoms with Crippen LogP contribution in [0.3, 0.4) is 0 Å². The van der Waals surface area contributed by atoms with Gasteiger partial charge < -0.3 is 9.84 Å². The van der Waals surface area contributed by atoms with Crippen LogP contribution in [0.2, 0.25) is 5.02 Å². The van der Waals surface area contributed by atoms with Crippen LogP contribution in [0.15, 0.2) is 52.8 Å². The Morgan fingerprint density at radius 1 is 1.22 bits per heavy atom. The number of ether oxygens (including phenoxy) is 1. The van der Waals surface area contributed by atoms with Crippen LogP contribution in [0.4, 0.5) is 5.13 Å². The molecule has 3 aromatic rings. The lowest BCUT2D eigenvalue weighted by Gasteiger charge is -2.04. The molecule has 0 atom stereocenters. The molecule has 0 spiro atoms. The largest absolute Gasteiger partial charge is 0.504 e. The first-order valence-electron chi connectivity index (χ1n) is 6.79. The van der Waals surface area contributed by atoms with Gasteiger partial charge >= 0.3 is 0 Å². The predicted molar refractivity (Wildman–Crippen MR) is 94.5 cm³/mol. The summed E-state index contributed by atoms with van der Waals surface area (Å²) < 4.78 is 5.07. The third-order valence-corrected chi connectivity index (χ3v) is 4.28. The molecule has 3 rings (SSSR count). The fourth-order valence-electron chi connectivity index (χ4n) is 2.05. The van der Waals surface area contributed by atoms with E-state index >= 15 is 0 Å². The Hall–Kier alpha value is -2.37. The molecule has 1 N–H and O–H groups in total. The SMILES string of the molecule is COc1cccc(C=Nc2nc(-c3ccccc3Cl)cs2)c1O. The van der Waals surface area contributed by atoms with Crippen LogP contribution in [-0.2, 0) is 0 Å². The molecule has 2 aromatic carbocycles. The first-order valence-corrected chi connectivity index (χ1v) is 8.05. The number of methoxy groups -OCH3 is 1. The summed E-state index contributed by atoms with van der Waals surface area (Å²) in [5.41, 5.74) is 2.22. The minimum Gasteiger partial charge on any atom is -0.504 e. The minimum absolute atomic E-state index is 0.0571. The van der Waals surface area contributed by atoms with E-state index in [2.05, 4.69) is 9.98 Å². The van der Waals surface area contributed by atoms with Crippen LogP contribution in [0, 0.1) is 0 Å². The van der Waals surface area contributed by atoms with E-state index in [0.717, 1.165) is 11.3 Å². The summed E-state index contributed by atoms with van der Waals surface area (Å²) in [6.07, 6.45) is 1.56. The lowest BCUT2D eigenvalue weighted by Crippen LogP contribution is -1.88. The molecule has 4 nitrogen and oxygen atoms in total. The molecule has 0 radical (unpaired) electrons. The van der Waals surface area contributed by atoms with Gasteiger partial charge in [-0.05, 0) is 18.2 Å². The van der Waals surface area contributed by atoms with Gasteiger partial charge in [0.2, 0.25) is 5.13 Å². The third-order valence-electron chi connectivity index (χ3n) is 3.21. The van der Waals surface area contributed by atoms with Gasteiger partial charge in [-0.25, -0.2) is 9.98 Å². The third kappa shape index (κ3) is 3.36. The van der Waals surface area contributed by atoms with Gasteiger partial charge in [0.1, 0.15) is 0 Å². The zero-order chi connectivity index (χ0) is 16.2. The monoisotopic (exact) mass is 344 g/mol. The van der Waals surface area contributed by atoms with Crippen molar-refractivity contribution >= 4 is 34.3 Å². The molecule has 0 saturated carbocycles. The van der Waals surface area contributed by atoms with Gasteiger partial charge in [-0.2, -0.15) is 0 Å². The highest BCUT2D eigenvalue weighted by Gasteiger charge is 2.08. The minimum atomic E-state index is 0.0571. The fourth-order valence-corrected chi connectivity index (χ4v) is 2.94. The Balaban J connectivity index is 1.86. The molecule has 116 valence electrons. The molecule has 6 heteroatoms. The number of thiazole rings is 1. The van der Waals surface area contributed by atoms with Gasteiger partial charge in [-0.15, -0.1) is 11.3 Å². The summed E-state index contributed by atoms with van der Waals surface area (Å²) >= 11 is 7.58. The number of aromatic hydroxyl groups is 1. The number of phenolic OH excluding ortho intramolecular Hbond substituents is 1. The van der Waals surface area contributed by atoms with Crippen LogP contribution >= 0.6 is 22.9 Å². The molecule has 0 unspecified atom stereocenters. The zero-order valence-electron chi connectivity index (χ0n) is 12.2. The average molecular weight is 345 g/mol. The van der Waals surface area contributed by atoms with E-state index in [-0.39, 0.29) is 5.75 Å². The normalized spacial score (nSPS) is 11.0. The molecule has 0 aliphatic carbocycles. The van der Waals surface area contributed by atoms with Crippen molar-refractivity contribution in [2.75, 3.05) is 7.11 Å². The van der Waals surface area contributed by atoms with Gasteiger partial charge in [0, 0.05) is 27.7 Å². The highest BCUT2D eigenvalue weighted by Crippen LogP contribution is 2.32. The molecule has 0 saturated heterocycles. The summed E-state index contributed by atoms with van der Waals surface area (Å²) in [6.45, 7) is 0. The lowest BCUT2D eigenvalue weighted by molar-refractivity contribution is 0.373. The lowest BCUT2D eigenvalue weighted by atomic mass is 10.2. The topological polar surface area (TPSA) is 54.7 Å². The highest BCUT2D eigenvalue weighted by molar-refractivity contribution is 7.13. The number of hydrogen-bond donors (Lipinski definition) is 1. The Morgan fingerprint density at radius 3 is 2.83 bits per heavy atom. The maximum absolute atomic E-state index is 10.0. The number of aliphatic imine (C=N–C) groups is 1. The van der Waals surface area contributed by atoms with Crippen LogP contribution in [0.5, 0.6) is 11.5 Å². The van der Waals surface area contributed by atoms with Crippen molar-refractivity contribution in [1.82, 2.24) is 4.98 Å². The van der Waals surface area contributed by atoms with Crippen LogP contribution < -0.4 is 4.74 Å². The Kier molecular flexibility index (Phi) is 4.60. The first-order chi connectivity index (χ1) is 11.2. The van der Waals surface area contributed by atoms with Crippen LogP contribution in [0.25, 0.3) is 11.3 Å². The quantitative estimate of drug-likeness (QED) is 0.683. The summed E-state index contributed by atoms with van der Waals surface area (Å²) in [5.74, 6) is 0.464. The van der Waals surface area contributed by atoms with Gasteiger partial charge in [-0.1, -0.05) is 35.9 Å². The molecule has 0 bridgehead atoms. The number of phenols is 1. The number of rotatable bonds is 4. The van der Waals surface area contributed by atoms with Crippen molar-refractivity contribution in [2.45, 2.75) is 0 Å². The van der Waals surface area contributed by atoms with E-state index < -0.39 is 0 Å². The Morgan fingerprint density at radius 2 is 2.04 bits per heavy atom. The van der Waals surface area contributed by atoms with Gasteiger partial charge in [0.15, 0.2) is 11.5 Å². The number of hydrogen-bond acceptors (Lipinski definition) is 5. The van der Waals surface area contributed by atoms with Crippen molar-refractivity contribution in [3.05, 3.63) is 58.4 Å². The summed E-state index contributed by atoms with van der Waals surface area (Å²) in [7, 11) is 1.51. The molecular weight excluding hydrogens is 332 g/mol. The maximum atomic E-state index is 10.0. The second-order valence-electron chi connectivity index (χ2n) is 4.65. The molecule has 1 aromatic heterocycles. The van der Waals surface area contributed by atoms with Crippen molar-refractivity contribution in [3.63, 3.8) is 0 Å². The van der Waals surface area contributed by atoms with Crippen LogP contribution in [-0.4, -0.2) is 23.4 Å². The van der Waals surface area contributed by atoms with Crippen molar-refractivity contribution in [2.24, 2.45) is 4.99 Å². The van der Waals surface area contributed by atoms with Crippen molar-refractivity contribution in [1.29, 1.82) is 0 Å². The van der Waals surface area contributed by atoms with E-state index in [1.54, 1.807) is 24.4 Å². The van der Waals surface area contributed by atoms with Crippen LogP contribution in [0.1, 0.15) is 5.56 Å². The number of halogens is 1. The van der Waals surface area contributed by atoms with E-state index in [1.165, 1.54) is 18.4 Å². The van der Waals surface area contributed by atoms with Gasteiger partial charge in [0.05, 0.1) is 12.8 Å². The standard InChI is InChI=1S/C17H13ClN2O2S/c1-22-15-8-4-5-11(16(15)21)9-19-17-20-14(10-23-17)12-6-2-3-7-13(12)18/h2-10,21H,1H3. The van der Waals surface area contributed by atoms with E-state index in [0.29, 0.717) is 21.5 Å². The Labute approximate surface area is 142 Å². The zero-order valence-corrected chi connectivity index (χ0v) is 13.8. The van der Waals surface area contributed by atoms with E-state index in [9.17, 15) is 5.11 Å². The summed E-state index contributed by atoms with van der Waals surface area (Å²) in [6, 6.07) is 12.8. The van der Waals surface area contributed by atoms with Gasteiger partial charge in [-0.3, -0.25) is 0 Å². The molecular formula is C17H13ClN2O2S. The predicted octanol–water partition coefficient (Wildman–Crippen LogP) is 4.93. The molecule has 0 fully saturated rings. The number of benzene rings is 2.